The molecule has 0 N–H and O–H groups in total. The van der Waals surface area contributed by atoms with Gasteiger partial charge in [0.1, 0.15) is 0 Å². The highest BCUT2D eigenvalue weighted by Gasteiger charge is 1.97. The van der Waals surface area contributed by atoms with Crippen LogP contribution in [0.1, 0.15) is 71.1 Å². The van der Waals surface area contributed by atoms with Crippen molar-refractivity contribution in [1.29, 1.82) is 0 Å². The molecule has 0 spiro atoms. The smallest absolute Gasteiger partial charge is 0.305 e. The summed E-state index contributed by atoms with van der Waals surface area (Å²) in [5.74, 6) is -0.0937. The van der Waals surface area contributed by atoms with Crippen LogP contribution in [0.2, 0.25) is 0 Å². The monoisotopic (exact) mass is 266 g/mol. The van der Waals surface area contributed by atoms with Crippen LogP contribution < -0.4 is 0 Å². The van der Waals surface area contributed by atoms with Gasteiger partial charge < -0.3 is 4.74 Å². The van der Waals surface area contributed by atoms with Gasteiger partial charge in [-0.1, -0.05) is 50.5 Å². The fraction of sp³-hybridized carbons (Fsp3) is 0.706. The van der Waals surface area contributed by atoms with Crippen LogP contribution >= 0.6 is 0 Å². The van der Waals surface area contributed by atoms with Crippen molar-refractivity contribution in [3.05, 3.63) is 24.3 Å². The van der Waals surface area contributed by atoms with Crippen LogP contribution in [0.3, 0.4) is 0 Å². The molecule has 0 amide bonds. The lowest BCUT2D eigenvalue weighted by molar-refractivity contribution is -0.140. The number of esters is 1. The Morgan fingerprint density at radius 1 is 0.895 bits per heavy atom. The molecule has 0 aliphatic rings. The highest BCUT2D eigenvalue weighted by Crippen LogP contribution is 2.05. The third-order valence-electron chi connectivity index (χ3n) is 3.06. The molecule has 0 saturated carbocycles. The Kier molecular flexibility index (Phi) is 14.2. The van der Waals surface area contributed by atoms with Crippen LogP contribution in [0.15, 0.2) is 24.3 Å². The van der Waals surface area contributed by atoms with E-state index in [0.29, 0.717) is 6.42 Å². The van der Waals surface area contributed by atoms with Crippen molar-refractivity contribution in [1.82, 2.24) is 0 Å². The van der Waals surface area contributed by atoms with E-state index in [1.165, 1.54) is 32.8 Å². The molecule has 0 aromatic rings. The molecule has 0 unspecified atom stereocenters. The summed E-state index contributed by atoms with van der Waals surface area (Å²) in [5.41, 5.74) is 0. The van der Waals surface area contributed by atoms with Crippen molar-refractivity contribution in [3.8, 4) is 0 Å². The third kappa shape index (κ3) is 14.9. The number of hydrogen-bond donors (Lipinski definition) is 0. The van der Waals surface area contributed by atoms with Crippen molar-refractivity contribution >= 4 is 5.97 Å². The molecule has 2 nitrogen and oxygen atoms in total. The van der Waals surface area contributed by atoms with Gasteiger partial charge in [-0.2, -0.15) is 0 Å². The third-order valence-corrected chi connectivity index (χ3v) is 3.06. The molecular formula is C17H30O2. The van der Waals surface area contributed by atoms with Gasteiger partial charge in [0.2, 0.25) is 0 Å². The molecule has 0 aromatic heterocycles. The van der Waals surface area contributed by atoms with Crippen molar-refractivity contribution in [3.63, 3.8) is 0 Å². The highest BCUT2D eigenvalue weighted by molar-refractivity contribution is 5.68. The number of rotatable bonds is 12. The summed E-state index contributed by atoms with van der Waals surface area (Å²) in [5, 5.41) is 0. The first kappa shape index (κ1) is 17.9. The van der Waals surface area contributed by atoms with Crippen LogP contribution in [-0.4, -0.2) is 13.1 Å². The number of hydrogen-bond acceptors (Lipinski definition) is 2. The van der Waals surface area contributed by atoms with Gasteiger partial charge in [-0.3, -0.25) is 4.79 Å². The minimum Gasteiger partial charge on any atom is -0.469 e. The summed E-state index contributed by atoms with van der Waals surface area (Å²) in [7, 11) is 1.45. The molecule has 0 heterocycles. The van der Waals surface area contributed by atoms with E-state index in [1.54, 1.807) is 0 Å². The summed E-state index contributed by atoms with van der Waals surface area (Å²) in [6.45, 7) is 2.23. The van der Waals surface area contributed by atoms with Gasteiger partial charge in [-0.15, -0.1) is 0 Å². The van der Waals surface area contributed by atoms with Gasteiger partial charge in [0, 0.05) is 6.42 Å². The van der Waals surface area contributed by atoms with E-state index in [9.17, 15) is 4.79 Å². The Labute approximate surface area is 118 Å². The fourth-order valence-electron chi connectivity index (χ4n) is 1.83. The second-order valence-corrected chi connectivity index (χ2v) is 4.85. The Morgan fingerprint density at radius 2 is 1.53 bits per heavy atom. The van der Waals surface area contributed by atoms with E-state index in [1.807, 2.05) is 0 Å². The lowest BCUT2D eigenvalue weighted by Gasteiger charge is -1.98. The SMILES string of the molecule is CCCCCC=CCC=CCCCCCC(=O)OC. The van der Waals surface area contributed by atoms with E-state index in [4.69, 9.17) is 0 Å². The summed E-state index contributed by atoms with van der Waals surface area (Å²) in [4.78, 5) is 10.9. The largest absolute Gasteiger partial charge is 0.469 e. The predicted octanol–water partition coefficient (Wildman–Crippen LogP) is 5.19. The quantitative estimate of drug-likeness (QED) is 0.276. The molecule has 2 heteroatoms. The van der Waals surface area contributed by atoms with Crippen LogP contribution in [0.25, 0.3) is 0 Å². The number of methoxy groups -OCH3 is 1. The lowest BCUT2D eigenvalue weighted by Crippen LogP contribution is -1.98. The van der Waals surface area contributed by atoms with Crippen molar-refractivity contribution < 1.29 is 9.53 Å². The van der Waals surface area contributed by atoms with Crippen LogP contribution in [0, 0.1) is 0 Å². The first-order chi connectivity index (χ1) is 9.31. The summed E-state index contributed by atoms with van der Waals surface area (Å²) in [6.07, 6.45) is 20.1. The molecule has 0 saturated heterocycles. The Hall–Kier alpha value is -1.05. The van der Waals surface area contributed by atoms with E-state index in [2.05, 4.69) is 36.0 Å². The van der Waals surface area contributed by atoms with E-state index in [0.717, 1.165) is 32.1 Å². The van der Waals surface area contributed by atoms with Gasteiger partial charge in [-0.25, -0.2) is 0 Å². The van der Waals surface area contributed by atoms with Gasteiger partial charge in [-0.05, 0) is 38.5 Å². The molecule has 0 aliphatic heterocycles. The standard InChI is InChI=1S/C17H30O2/c1-3-4-5-6-7-8-9-10-11-12-13-14-15-16-17(18)19-2/h7-8,10-11H,3-6,9,12-16H2,1-2H3. The zero-order valence-corrected chi connectivity index (χ0v) is 12.7. The zero-order valence-electron chi connectivity index (χ0n) is 12.7. The number of ether oxygens (including phenoxy) is 1. The zero-order chi connectivity index (χ0) is 14.2. The van der Waals surface area contributed by atoms with Crippen LogP contribution in [0.5, 0.6) is 0 Å². The Morgan fingerprint density at radius 3 is 2.11 bits per heavy atom. The topological polar surface area (TPSA) is 26.3 Å². The molecule has 110 valence electrons. The van der Waals surface area contributed by atoms with E-state index in [-0.39, 0.29) is 5.97 Å². The summed E-state index contributed by atoms with van der Waals surface area (Å²) < 4.78 is 4.60. The molecule has 0 bridgehead atoms. The molecule has 0 fully saturated rings. The molecule has 0 aliphatic carbocycles. The maximum atomic E-state index is 10.9. The Balaban J connectivity index is 3.23. The number of allylic oxidation sites excluding steroid dienone is 4. The summed E-state index contributed by atoms with van der Waals surface area (Å²) in [6, 6.07) is 0. The fourth-order valence-corrected chi connectivity index (χ4v) is 1.83. The molecule has 0 atom stereocenters. The average molecular weight is 266 g/mol. The number of unbranched alkanes of at least 4 members (excludes halogenated alkanes) is 6. The van der Waals surface area contributed by atoms with Crippen molar-refractivity contribution in [2.24, 2.45) is 0 Å². The number of carbonyl (C=O) groups is 1. The van der Waals surface area contributed by atoms with Crippen molar-refractivity contribution in [2.75, 3.05) is 7.11 Å². The van der Waals surface area contributed by atoms with Crippen LogP contribution in [0.4, 0.5) is 0 Å². The minimum atomic E-state index is -0.0937. The maximum absolute atomic E-state index is 10.9. The van der Waals surface area contributed by atoms with E-state index < -0.39 is 0 Å². The van der Waals surface area contributed by atoms with Crippen LogP contribution in [-0.2, 0) is 9.53 Å². The first-order valence-corrected chi connectivity index (χ1v) is 7.68. The number of carbonyl (C=O) groups excluding carboxylic acids is 1. The molecule has 0 radical (unpaired) electrons. The van der Waals surface area contributed by atoms with Gasteiger partial charge in [0.15, 0.2) is 0 Å². The van der Waals surface area contributed by atoms with Crippen molar-refractivity contribution in [2.45, 2.75) is 71.1 Å². The summed E-state index contributed by atoms with van der Waals surface area (Å²) >= 11 is 0. The van der Waals surface area contributed by atoms with Gasteiger partial charge in [0.05, 0.1) is 7.11 Å². The molecule has 19 heavy (non-hydrogen) atoms. The predicted molar refractivity (Wildman–Crippen MR) is 82.1 cm³/mol. The van der Waals surface area contributed by atoms with E-state index >= 15 is 0 Å². The maximum Gasteiger partial charge on any atom is 0.305 e. The second kappa shape index (κ2) is 15.0. The lowest BCUT2D eigenvalue weighted by atomic mass is 10.1. The highest BCUT2D eigenvalue weighted by atomic mass is 16.5. The average Bonchev–Trinajstić information content (AvgIpc) is 2.43. The normalized spacial score (nSPS) is 11.5. The molecular weight excluding hydrogens is 236 g/mol. The van der Waals surface area contributed by atoms with Gasteiger partial charge in [0.25, 0.3) is 0 Å². The molecule has 0 rings (SSSR count). The molecule has 0 aromatic carbocycles. The second-order valence-electron chi connectivity index (χ2n) is 4.85. The minimum absolute atomic E-state index is 0.0937. The first-order valence-electron chi connectivity index (χ1n) is 7.68. The van der Waals surface area contributed by atoms with Gasteiger partial charge >= 0.3 is 5.97 Å². The Bertz CT molecular complexity index is 254.